The Hall–Kier alpha value is -2.07. The van der Waals surface area contributed by atoms with Crippen molar-refractivity contribution in [1.82, 2.24) is 4.98 Å². The van der Waals surface area contributed by atoms with Crippen molar-refractivity contribution >= 4 is 32.5 Å². The van der Waals surface area contributed by atoms with Crippen molar-refractivity contribution in [3.8, 4) is 11.1 Å². The molecule has 0 radical (unpaired) electrons. The maximum absolute atomic E-state index is 11.9. The molecule has 0 fully saturated rings. The predicted molar refractivity (Wildman–Crippen MR) is 82.1 cm³/mol. The zero-order chi connectivity index (χ0) is 13.4. The average molecular weight is 315 g/mol. The number of benzene rings is 2. The van der Waals surface area contributed by atoms with Crippen molar-refractivity contribution in [3.63, 3.8) is 0 Å². The van der Waals surface area contributed by atoms with E-state index in [9.17, 15) is 4.79 Å². The van der Waals surface area contributed by atoms with Crippen LogP contribution in [0.15, 0.2) is 57.8 Å². The summed E-state index contributed by atoms with van der Waals surface area (Å²) in [4.78, 5) is 14.7. The van der Waals surface area contributed by atoms with Gasteiger partial charge in [-0.3, -0.25) is 4.79 Å². The van der Waals surface area contributed by atoms with Crippen molar-refractivity contribution in [2.45, 2.75) is 0 Å². The number of nitrogen functional groups attached to an aromatic ring is 1. The summed E-state index contributed by atoms with van der Waals surface area (Å²) in [5.41, 5.74) is 8.46. The SMILES string of the molecule is Nc1c(-c2ccccc2)c2cc(Br)ccc2[nH]c1=O. The molecule has 0 spiro atoms. The summed E-state index contributed by atoms with van der Waals surface area (Å²) >= 11 is 3.45. The van der Waals surface area contributed by atoms with Crippen molar-refractivity contribution in [3.05, 3.63) is 63.4 Å². The summed E-state index contributed by atoms with van der Waals surface area (Å²) in [6.45, 7) is 0. The van der Waals surface area contributed by atoms with Crippen LogP contribution in [0.2, 0.25) is 0 Å². The fraction of sp³-hybridized carbons (Fsp3) is 0. The lowest BCUT2D eigenvalue weighted by Gasteiger charge is -2.10. The first kappa shape index (κ1) is 12.0. The molecular weight excluding hydrogens is 304 g/mol. The lowest BCUT2D eigenvalue weighted by molar-refractivity contribution is 1.31. The minimum absolute atomic E-state index is 0.247. The van der Waals surface area contributed by atoms with Gasteiger partial charge in [0.15, 0.2) is 0 Å². The molecule has 0 bridgehead atoms. The van der Waals surface area contributed by atoms with Gasteiger partial charge in [-0.1, -0.05) is 46.3 Å². The number of pyridine rings is 1. The van der Waals surface area contributed by atoms with E-state index in [4.69, 9.17) is 5.73 Å². The van der Waals surface area contributed by atoms with Crippen molar-refractivity contribution in [1.29, 1.82) is 0 Å². The third-order valence-corrected chi connectivity index (χ3v) is 3.57. The number of nitrogens with two attached hydrogens (primary N) is 1. The monoisotopic (exact) mass is 314 g/mol. The molecular formula is C15H11BrN2O. The van der Waals surface area contributed by atoms with Crippen LogP contribution in [0.3, 0.4) is 0 Å². The normalized spacial score (nSPS) is 10.8. The van der Waals surface area contributed by atoms with Gasteiger partial charge in [-0.15, -0.1) is 0 Å². The molecule has 0 saturated carbocycles. The van der Waals surface area contributed by atoms with Gasteiger partial charge in [0.1, 0.15) is 5.69 Å². The first-order valence-corrected chi connectivity index (χ1v) is 6.62. The minimum Gasteiger partial charge on any atom is -0.394 e. The van der Waals surface area contributed by atoms with Crippen LogP contribution in [0.5, 0.6) is 0 Å². The van der Waals surface area contributed by atoms with Gasteiger partial charge in [0.25, 0.3) is 5.56 Å². The Kier molecular flexibility index (Phi) is 2.87. The number of hydrogen-bond acceptors (Lipinski definition) is 2. The largest absolute Gasteiger partial charge is 0.394 e. The van der Waals surface area contributed by atoms with Gasteiger partial charge in [0.2, 0.25) is 0 Å². The lowest BCUT2D eigenvalue weighted by atomic mass is 10.00. The Morgan fingerprint density at radius 3 is 2.53 bits per heavy atom. The van der Waals surface area contributed by atoms with E-state index in [1.165, 1.54) is 0 Å². The van der Waals surface area contributed by atoms with Crippen LogP contribution >= 0.6 is 15.9 Å². The molecule has 2 aromatic carbocycles. The number of H-pyrrole nitrogens is 1. The Balaban J connectivity index is 2.48. The number of fused-ring (bicyclic) bond motifs is 1. The molecule has 4 heteroatoms. The second-order valence-corrected chi connectivity index (χ2v) is 5.21. The van der Waals surface area contributed by atoms with E-state index in [0.29, 0.717) is 0 Å². The van der Waals surface area contributed by atoms with E-state index in [1.807, 2.05) is 48.5 Å². The highest BCUT2D eigenvalue weighted by Gasteiger charge is 2.11. The van der Waals surface area contributed by atoms with Crippen molar-refractivity contribution in [2.24, 2.45) is 0 Å². The molecule has 0 aliphatic carbocycles. The van der Waals surface area contributed by atoms with Gasteiger partial charge in [0, 0.05) is 20.9 Å². The first-order valence-electron chi connectivity index (χ1n) is 5.83. The standard InChI is InChI=1S/C15H11BrN2O/c16-10-6-7-12-11(8-10)13(14(17)15(19)18-12)9-4-2-1-3-5-9/h1-8H,17H2,(H,18,19). The molecule has 3 nitrogen and oxygen atoms in total. The van der Waals surface area contributed by atoms with E-state index in [0.717, 1.165) is 26.5 Å². The van der Waals surface area contributed by atoms with Gasteiger partial charge in [-0.05, 0) is 23.8 Å². The van der Waals surface area contributed by atoms with E-state index >= 15 is 0 Å². The molecule has 19 heavy (non-hydrogen) atoms. The topological polar surface area (TPSA) is 58.9 Å². The van der Waals surface area contributed by atoms with Gasteiger partial charge < -0.3 is 10.7 Å². The Labute approximate surface area is 118 Å². The number of hydrogen-bond donors (Lipinski definition) is 2. The smallest absolute Gasteiger partial charge is 0.272 e. The zero-order valence-electron chi connectivity index (χ0n) is 9.98. The van der Waals surface area contributed by atoms with Crippen LogP contribution in [0.1, 0.15) is 0 Å². The summed E-state index contributed by atoms with van der Waals surface area (Å²) in [7, 11) is 0. The van der Waals surface area contributed by atoms with Crippen LogP contribution in [0, 0.1) is 0 Å². The highest BCUT2D eigenvalue weighted by Crippen LogP contribution is 2.32. The molecule has 1 heterocycles. The van der Waals surface area contributed by atoms with Crippen LogP contribution in [0.25, 0.3) is 22.0 Å². The number of nitrogens with one attached hydrogen (secondary N) is 1. The maximum Gasteiger partial charge on any atom is 0.272 e. The molecule has 0 aliphatic rings. The van der Waals surface area contributed by atoms with Gasteiger partial charge in [-0.2, -0.15) is 0 Å². The fourth-order valence-corrected chi connectivity index (χ4v) is 2.56. The number of aromatic amines is 1. The second-order valence-electron chi connectivity index (χ2n) is 4.30. The van der Waals surface area contributed by atoms with Gasteiger partial charge >= 0.3 is 0 Å². The quantitative estimate of drug-likeness (QED) is 0.721. The highest BCUT2D eigenvalue weighted by molar-refractivity contribution is 9.10. The number of halogens is 1. The highest BCUT2D eigenvalue weighted by atomic mass is 79.9. The van der Waals surface area contributed by atoms with Crippen LogP contribution in [-0.2, 0) is 0 Å². The maximum atomic E-state index is 11.9. The third-order valence-electron chi connectivity index (χ3n) is 3.08. The number of anilines is 1. The van der Waals surface area contributed by atoms with Gasteiger partial charge in [0.05, 0.1) is 0 Å². The molecule has 0 amide bonds. The molecule has 3 rings (SSSR count). The average Bonchev–Trinajstić information content (AvgIpc) is 2.42. The molecule has 1 aromatic heterocycles. The molecule has 0 saturated heterocycles. The predicted octanol–water partition coefficient (Wildman–Crippen LogP) is 3.54. The van der Waals surface area contributed by atoms with Crippen molar-refractivity contribution in [2.75, 3.05) is 5.73 Å². The molecule has 0 unspecified atom stereocenters. The Morgan fingerprint density at radius 1 is 1.05 bits per heavy atom. The van der Waals surface area contributed by atoms with Gasteiger partial charge in [-0.25, -0.2) is 0 Å². The summed E-state index contributed by atoms with van der Waals surface area (Å²) in [5, 5.41) is 0.928. The Bertz CT molecular complexity index is 809. The minimum atomic E-state index is -0.256. The molecule has 0 aliphatic heterocycles. The van der Waals surface area contributed by atoms with E-state index in [1.54, 1.807) is 0 Å². The molecule has 94 valence electrons. The first-order chi connectivity index (χ1) is 9.16. The summed E-state index contributed by atoms with van der Waals surface area (Å²) in [6, 6.07) is 15.4. The van der Waals surface area contributed by atoms with E-state index in [2.05, 4.69) is 20.9 Å². The van der Waals surface area contributed by atoms with Crippen LogP contribution in [-0.4, -0.2) is 4.98 Å². The third kappa shape index (κ3) is 2.04. The lowest BCUT2D eigenvalue weighted by Crippen LogP contribution is -2.13. The summed E-state index contributed by atoms with van der Waals surface area (Å²) in [6.07, 6.45) is 0. The number of aromatic nitrogens is 1. The molecule has 3 N–H and O–H groups in total. The summed E-state index contributed by atoms with van der Waals surface area (Å²) < 4.78 is 0.948. The van der Waals surface area contributed by atoms with Crippen LogP contribution < -0.4 is 11.3 Å². The van der Waals surface area contributed by atoms with Crippen molar-refractivity contribution < 1.29 is 0 Å². The molecule has 0 atom stereocenters. The van der Waals surface area contributed by atoms with E-state index < -0.39 is 0 Å². The Morgan fingerprint density at radius 2 is 1.79 bits per heavy atom. The summed E-state index contributed by atoms with van der Waals surface area (Å²) in [5.74, 6) is 0. The molecule has 3 aromatic rings. The second kappa shape index (κ2) is 4.55. The van der Waals surface area contributed by atoms with Crippen LogP contribution in [0.4, 0.5) is 5.69 Å². The number of rotatable bonds is 1. The fourth-order valence-electron chi connectivity index (χ4n) is 2.20. The van der Waals surface area contributed by atoms with E-state index in [-0.39, 0.29) is 11.2 Å². The zero-order valence-corrected chi connectivity index (χ0v) is 11.6.